The average molecular weight is 277 g/mol. The second kappa shape index (κ2) is 11.3. The number of thioether (sulfide) groups is 1. The number of rotatable bonds is 10. The predicted molar refractivity (Wildman–Crippen MR) is 72.7 cm³/mol. The highest BCUT2D eigenvalue weighted by Gasteiger charge is 2.18. The number of hydrogen-bond donors (Lipinski definition) is 1. The molecule has 1 N–H and O–H groups in total. The van der Waals surface area contributed by atoms with Crippen molar-refractivity contribution in [1.29, 1.82) is 0 Å². The fourth-order valence-corrected chi connectivity index (χ4v) is 1.83. The number of nitrogens with one attached hydrogen (secondary N) is 1. The molecule has 0 aliphatic heterocycles. The van der Waals surface area contributed by atoms with Crippen molar-refractivity contribution >= 4 is 23.7 Å². The first-order valence-electron chi connectivity index (χ1n) is 6.20. The standard InChI is InChI=1S/C12H23NO4S/c1-4-16-11(14)6-8-13-10(7-9-18-3)12(15)17-5-2/h10,13H,4-9H2,1-3H3/t10-/m0/s1. The van der Waals surface area contributed by atoms with Crippen LogP contribution in [0.2, 0.25) is 0 Å². The Morgan fingerprint density at radius 3 is 2.44 bits per heavy atom. The van der Waals surface area contributed by atoms with Gasteiger partial charge in [-0.2, -0.15) is 11.8 Å². The molecule has 1 atom stereocenters. The van der Waals surface area contributed by atoms with Gasteiger partial charge in [-0.3, -0.25) is 9.59 Å². The van der Waals surface area contributed by atoms with Gasteiger partial charge in [-0.15, -0.1) is 0 Å². The molecule has 0 bridgehead atoms. The van der Waals surface area contributed by atoms with Gasteiger partial charge in [0.1, 0.15) is 6.04 Å². The van der Waals surface area contributed by atoms with Gasteiger partial charge in [0.05, 0.1) is 19.6 Å². The summed E-state index contributed by atoms with van der Waals surface area (Å²) in [6, 6.07) is -0.341. The third-order valence-electron chi connectivity index (χ3n) is 2.21. The van der Waals surface area contributed by atoms with Crippen LogP contribution in [-0.4, -0.2) is 49.7 Å². The van der Waals surface area contributed by atoms with Crippen LogP contribution in [-0.2, 0) is 19.1 Å². The van der Waals surface area contributed by atoms with Crippen molar-refractivity contribution in [2.75, 3.05) is 31.8 Å². The topological polar surface area (TPSA) is 64.6 Å². The van der Waals surface area contributed by atoms with Gasteiger partial charge >= 0.3 is 11.9 Å². The van der Waals surface area contributed by atoms with Crippen molar-refractivity contribution in [3.8, 4) is 0 Å². The summed E-state index contributed by atoms with van der Waals surface area (Å²) in [5, 5.41) is 3.04. The highest BCUT2D eigenvalue weighted by molar-refractivity contribution is 7.98. The normalized spacial score (nSPS) is 11.9. The quantitative estimate of drug-likeness (QED) is 0.606. The van der Waals surface area contributed by atoms with E-state index in [4.69, 9.17) is 9.47 Å². The van der Waals surface area contributed by atoms with Crippen molar-refractivity contribution in [1.82, 2.24) is 5.32 Å². The smallest absolute Gasteiger partial charge is 0.323 e. The number of carbonyl (C=O) groups is 2. The predicted octanol–water partition coefficient (Wildman–Crippen LogP) is 1.21. The van der Waals surface area contributed by atoms with Crippen LogP contribution in [0, 0.1) is 0 Å². The van der Waals surface area contributed by atoms with Crippen LogP contribution in [0.3, 0.4) is 0 Å². The van der Waals surface area contributed by atoms with E-state index in [-0.39, 0.29) is 24.4 Å². The van der Waals surface area contributed by atoms with Gasteiger partial charge in [0.15, 0.2) is 0 Å². The third kappa shape index (κ3) is 8.36. The summed E-state index contributed by atoms with van der Waals surface area (Å²) in [6.45, 7) is 4.73. The van der Waals surface area contributed by atoms with Crippen molar-refractivity contribution < 1.29 is 19.1 Å². The van der Waals surface area contributed by atoms with Gasteiger partial charge in [-0.1, -0.05) is 0 Å². The summed E-state index contributed by atoms with van der Waals surface area (Å²) in [5.41, 5.74) is 0. The van der Waals surface area contributed by atoms with E-state index in [1.165, 1.54) is 0 Å². The van der Waals surface area contributed by atoms with Gasteiger partial charge < -0.3 is 14.8 Å². The van der Waals surface area contributed by atoms with Crippen molar-refractivity contribution in [2.24, 2.45) is 0 Å². The number of carbonyl (C=O) groups excluding carboxylic acids is 2. The Balaban J connectivity index is 3.99. The molecule has 0 unspecified atom stereocenters. The first-order chi connectivity index (χ1) is 8.65. The molecule has 0 spiro atoms. The fourth-order valence-electron chi connectivity index (χ4n) is 1.36. The van der Waals surface area contributed by atoms with Crippen LogP contribution in [0.1, 0.15) is 26.7 Å². The molecule has 0 aliphatic rings. The van der Waals surface area contributed by atoms with E-state index >= 15 is 0 Å². The molecule has 0 aromatic heterocycles. The largest absolute Gasteiger partial charge is 0.466 e. The van der Waals surface area contributed by atoms with Crippen molar-refractivity contribution in [2.45, 2.75) is 32.7 Å². The van der Waals surface area contributed by atoms with E-state index in [1.807, 2.05) is 6.26 Å². The monoisotopic (exact) mass is 277 g/mol. The van der Waals surface area contributed by atoms with Gasteiger partial charge in [-0.05, 0) is 32.3 Å². The SMILES string of the molecule is CCOC(=O)CCN[C@@H](CCSC)C(=O)OCC. The number of esters is 2. The summed E-state index contributed by atoms with van der Waals surface area (Å²) in [5.74, 6) is 0.364. The van der Waals surface area contributed by atoms with E-state index in [0.717, 1.165) is 5.75 Å². The lowest BCUT2D eigenvalue weighted by molar-refractivity contribution is -0.147. The molecular weight excluding hydrogens is 254 g/mol. The molecule has 0 aliphatic carbocycles. The minimum absolute atomic E-state index is 0.252. The summed E-state index contributed by atoms with van der Waals surface area (Å²) in [4.78, 5) is 22.8. The Morgan fingerprint density at radius 2 is 1.89 bits per heavy atom. The zero-order valence-corrected chi connectivity index (χ0v) is 12.2. The first kappa shape index (κ1) is 17.2. The molecule has 106 valence electrons. The van der Waals surface area contributed by atoms with Gasteiger partial charge in [0.2, 0.25) is 0 Å². The second-order valence-electron chi connectivity index (χ2n) is 3.60. The van der Waals surface area contributed by atoms with Crippen LogP contribution in [0.25, 0.3) is 0 Å². The van der Waals surface area contributed by atoms with Crippen LogP contribution < -0.4 is 5.32 Å². The molecule has 0 saturated heterocycles. The molecule has 18 heavy (non-hydrogen) atoms. The highest BCUT2D eigenvalue weighted by Crippen LogP contribution is 2.03. The van der Waals surface area contributed by atoms with Gasteiger partial charge in [0, 0.05) is 6.54 Å². The zero-order chi connectivity index (χ0) is 13.8. The maximum absolute atomic E-state index is 11.6. The Bertz CT molecular complexity index is 248. The summed E-state index contributed by atoms with van der Waals surface area (Å²) in [6.07, 6.45) is 2.95. The Morgan fingerprint density at radius 1 is 1.22 bits per heavy atom. The summed E-state index contributed by atoms with van der Waals surface area (Å²) >= 11 is 1.67. The molecule has 0 heterocycles. The van der Waals surface area contributed by atoms with E-state index in [9.17, 15) is 9.59 Å². The minimum Gasteiger partial charge on any atom is -0.466 e. The second-order valence-corrected chi connectivity index (χ2v) is 4.58. The molecule has 0 fully saturated rings. The third-order valence-corrected chi connectivity index (χ3v) is 2.85. The minimum atomic E-state index is -0.341. The molecular formula is C12H23NO4S. The lowest BCUT2D eigenvalue weighted by Crippen LogP contribution is -2.39. The number of ether oxygens (including phenoxy) is 2. The van der Waals surface area contributed by atoms with Crippen LogP contribution >= 0.6 is 11.8 Å². The number of hydrogen-bond acceptors (Lipinski definition) is 6. The van der Waals surface area contributed by atoms with E-state index in [0.29, 0.717) is 26.2 Å². The summed E-state index contributed by atoms with van der Waals surface area (Å²) < 4.78 is 9.79. The highest BCUT2D eigenvalue weighted by atomic mass is 32.2. The van der Waals surface area contributed by atoms with Crippen LogP contribution in [0.5, 0.6) is 0 Å². The molecule has 0 aromatic rings. The van der Waals surface area contributed by atoms with Gasteiger partial charge in [0.25, 0.3) is 0 Å². The Labute approximate surface area is 113 Å². The first-order valence-corrected chi connectivity index (χ1v) is 7.59. The average Bonchev–Trinajstić information content (AvgIpc) is 2.34. The molecule has 6 heteroatoms. The maximum Gasteiger partial charge on any atom is 0.323 e. The lowest BCUT2D eigenvalue weighted by Gasteiger charge is -2.16. The molecule has 0 aromatic carbocycles. The van der Waals surface area contributed by atoms with E-state index < -0.39 is 0 Å². The van der Waals surface area contributed by atoms with Crippen molar-refractivity contribution in [3.05, 3.63) is 0 Å². The zero-order valence-electron chi connectivity index (χ0n) is 11.4. The molecule has 0 saturated carbocycles. The van der Waals surface area contributed by atoms with Crippen LogP contribution in [0.15, 0.2) is 0 Å². The fraction of sp³-hybridized carbons (Fsp3) is 0.833. The Kier molecular flexibility index (Phi) is 10.9. The molecule has 5 nitrogen and oxygen atoms in total. The summed E-state index contributed by atoms with van der Waals surface area (Å²) in [7, 11) is 0. The Hall–Kier alpha value is -0.750. The van der Waals surface area contributed by atoms with Crippen LogP contribution in [0.4, 0.5) is 0 Å². The molecule has 0 rings (SSSR count). The molecule has 0 radical (unpaired) electrons. The van der Waals surface area contributed by atoms with E-state index in [2.05, 4.69) is 5.32 Å². The molecule has 0 amide bonds. The lowest BCUT2D eigenvalue weighted by atomic mass is 10.2. The maximum atomic E-state index is 11.6. The van der Waals surface area contributed by atoms with Crippen molar-refractivity contribution in [3.63, 3.8) is 0 Å². The van der Waals surface area contributed by atoms with E-state index in [1.54, 1.807) is 25.6 Å². The van der Waals surface area contributed by atoms with Gasteiger partial charge in [-0.25, -0.2) is 0 Å².